The summed E-state index contributed by atoms with van der Waals surface area (Å²) in [6.45, 7) is 1.12. The highest BCUT2D eigenvalue weighted by Gasteiger charge is 2.20. The van der Waals surface area contributed by atoms with Gasteiger partial charge in [-0.1, -0.05) is 17.3 Å². The first-order chi connectivity index (χ1) is 12.8. The van der Waals surface area contributed by atoms with Crippen molar-refractivity contribution < 1.29 is 14.0 Å². The molecule has 0 amide bonds. The fourth-order valence-corrected chi connectivity index (χ4v) is 3.07. The molecule has 2 N–H and O–H groups in total. The zero-order chi connectivity index (χ0) is 18.2. The van der Waals surface area contributed by atoms with E-state index in [9.17, 15) is 0 Å². The molecule has 7 heteroatoms. The van der Waals surface area contributed by atoms with E-state index in [1.807, 2.05) is 24.3 Å². The van der Waals surface area contributed by atoms with E-state index >= 15 is 0 Å². The van der Waals surface area contributed by atoms with Crippen LogP contribution < -0.4 is 20.1 Å². The second-order valence-electron chi connectivity index (χ2n) is 6.24. The van der Waals surface area contributed by atoms with Gasteiger partial charge in [0.25, 0.3) is 0 Å². The van der Waals surface area contributed by atoms with Gasteiger partial charge in [0, 0.05) is 25.2 Å². The van der Waals surface area contributed by atoms with Gasteiger partial charge in [-0.15, -0.1) is 0 Å². The minimum absolute atomic E-state index is 0.273. The lowest BCUT2D eigenvalue weighted by Gasteiger charge is -2.20. The van der Waals surface area contributed by atoms with Crippen molar-refractivity contribution in [2.24, 2.45) is 4.99 Å². The number of aromatic nitrogens is 1. The second-order valence-corrected chi connectivity index (χ2v) is 6.24. The monoisotopic (exact) mass is 358 g/mol. The van der Waals surface area contributed by atoms with Crippen molar-refractivity contribution in [3.05, 3.63) is 41.8 Å². The third-order valence-electron chi connectivity index (χ3n) is 4.47. The van der Waals surface area contributed by atoms with Gasteiger partial charge in [-0.2, -0.15) is 0 Å². The van der Waals surface area contributed by atoms with Crippen molar-refractivity contribution in [1.82, 2.24) is 15.8 Å². The predicted molar refractivity (Wildman–Crippen MR) is 99.4 cm³/mol. The second kappa shape index (κ2) is 9.12. The third-order valence-corrected chi connectivity index (χ3v) is 4.47. The van der Waals surface area contributed by atoms with Crippen LogP contribution in [0.15, 0.2) is 40.0 Å². The summed E-state index contributed by atoms with van der Waals surface area (Å²) in [5, 5.41) is 10.4. The summed E-state index contributed by atoms with van der Waals surface area (Å²) in [5.41, 5.74) is 1.86. The molecule has 0 aliphatic heterocycles. The SMILES string of the molecule is CN=C(NCc1ccon1)NCc1cccc(OC)c1OC1CCCC1. The van der Waals surface area contributed by atoms with E-state index in [0.29, 0.717) is 19.0 Å². The number of para-hydroxylation sites is 1. The van der Waals surface area contributed by atoms with Gasteiger partial charge in [0.15, 0.2) is 17.5 Å². The third kappa shape index (κ3) is 4.68. The van der Waals surface area contributed by atoms with Crippen LogP contribution in [0, 0.1) is 0 Å². The molecule has 0 bridgehead atoms. The van der Waals surface area contributed by atoms with Crippen molar-refractivity contribution in [3.63, 3.8) is 0 Å². The van der Waals surface area contributed by atoms with E-state index in [2.05, 4.69) is 20.8 Å². The molecule has 140 valence electrons. The standard InChI is InChI=1S/C19H26N4O3/c1-20-19(22-13-15-10-11-25-23-15)21-12-14-6-5-9-17(24-2)18(14)26-16-7-3-4-8-16/h5-6,9-11,16H,3-4,7-8,12-13H2,1-2H3,(H2,20,21,22). The number of ether oxygens (including phenoxy) is 2. The molecule has 1 aliphatic carbocycles. The summed E-state index contributed by atoms with van der Waals surface area (Å²) in [6, 6.07) is 7.77. The van der Waals surface area contributed by atoms with Gasteiger partial charge in [-0.3, -0.25) is 4.99 Å². The first kappa shape index (κ1) is 18.1. The number of nitrogens with zero attached hydrogens (tertiary/aromatic N) is 2. The van der Waals surface area contributed by atoms with Gasteiger partial charge in [0.1, 0.15) is 12.0 Å². The predicted octanol–water partition coefficient (Wildman–Crippen LogP) is 2.87. The zero-order valence-corrected chi connectivity index (χ0v) is 15.3. The maximum Gasteiger partial charge on any atom is 0.191 e. The van der Waals surface area contributed by atoms with Crippen LogP contribution in [-0.4, -0.2) is 31.4 Å². The van der Waals surface area contributed by atoms with Crippen LogP contribution in [0.1, 0.15) is 36.9 Å². The molecule has 7 nitrogen and oxygen atoms in total. The molecule has 1 aliphatic rings. The quantitative estimate of drug-likeness (QED) is 0.585. The number of methoxy groups -OCH3 is 1. The fourth-order valence-electron chi connectivity index (χ4n) is 3.07. The minimum atomic E-state index is 0.273. The van der Waals surface area contributed by atoms with Gasteiger partial charge >= 0.3 is 0 Å². The Labute approximate surface area is 153 Å². The van der Waals surface area contributed by atoms with E-state index in [0.717, 1.165) is 35.6 Å². The lowest BCUT2D eigenvalue weighted by molar-refractivity contribution is 0.198. The summed E-state index contributed by atoms with van der Waals surface area (Å²) < 4.78 is 16.6. The van der Waals surface area contributed by atoms with Gasteiger partial charge in [-0.25, -0.2) is 0 Å². The molecule has 1 saturated carbocycles. The normalized spacial score (nSPS) is 15.1. The maximum absolute atomic E-state index is 6.27. The molecule has 0 atom stereocenters. The molecule has 26 heavy (non-hydrogen) atoms. The molecule has 2 aromatic rings. The Morgan fingerprint density at radius 3 is 2.73 bits per heavy atom. The molecular formula is C19H26N4O3. The van der Waals surface area contributed by atoms with Crippen molar-refractivity contribution in [3.8, 4) is 11.5 Å². The number of benzene rings is 1. The highest BCUT2D eigenvalue weighted by atomic mass is 16.5. The molecule has 0 radical (unpaired) electrons. The minimum Gasteiger partial charge on any atom is -0.493 e. The van der Waals surface area contributed by atoms with Gasteiger partial charge in [0.05, 0.1) is 19.8 Å². The number of rotatable bonds is 7. The van der Waals surface area contributed by atoms with Crippen molar-refractivity contribution in [2.75, 3.05) is 14.2 Å². The highest BCUT2D eigenvalue weighted by Crippen LogP contribution is 2.34. The summed E-state index contributed by atoms with van der Waals surface area (Å²) in [4.78, 5) is 4.24. The average molecular weight is 358 g/mol. The van der Waals surface area contributed by atoms with E-state index in [-0.39, 0.29) is 6.10 Å². The summed E-state index contributed by atoms with van der Waals surface area (Å²) in [5.74, 6) is 2.27. The Morgan fingerprint density at radius 1 is 1.23 bits per heavy atom. The summed E-state index contributed by atoms with van der Waals surface area (Å²) in [6.07, 6.45) is 6.49. The highest BCUT2D eigenvalue weighted by molar-refractivity contribution is 5.79. The van der Waals surface area contributed by atoms with E-state index in [1.165, 1.54) is 12.8 Å². The van der Waals surface area contributed by atoms with Crippen LogP contribution in [0.5, 0.6) is 11.5 Å². The van der Waals surface area contributed by atoms with Crippen LogP contribution in [0.2, 0.25) is 0 Å². The number of hydrogen-bond donors (Lipinski definition) is 2. The Balaban J connectivity index is 1.63. The van der Waals surface area contributed by atoms with E-state index < -0.39 is 0 Å². The van der Waals surface area contributed by atoms with Gasteiger partial charge < -0.3 is 24.6 Å². The Bertz CT molecular complexity index is 710. The van der Waals surface area contributed by atoms with Crippen LogP contribution in [-0.2, 0) is 13.1 Å². The molecule has 1 heterocycles. The first-order valence-corrected chi connectivity index (χ1v) is 8.96. The maximum atomic E-state index is 6.27. The van der Waals surface area contributed by atoms with Gasteiger partial charge in [-0.05, 0) is 31.7 Å². The zero-order valence-electron chi connectivity index (χ0n) is 15.3. The smallest absolute Gasteiger partial charge is 0.191 e. The molecule has 0 unspecified atom stereocenters. The lowest BCUT2D eigenvalue weighted by atomic mass is 10.1. The number of aliphatic imine (C=N–C) groups is 1. The Morgan fingerprint density at radius 2 is 2.04 bits per heavy atom. The fraction of sp³-hybridized carbons (Fsp3) is 0.474. The Kier molecular flexibility index (Phi) is 6.35. The summed E-state index contributed by atoms with van der Waals surface area (Å²) in [7, 11) is 3.41. The molecule has 3 rings (SSSR count). The van der Waals surface area contributed by atoms with Crippen molar-refractivity contribution in [2.45, 2.75) is 44.9 Å². The van der Waals surface area contributed by atoms with Crippen molar-refractivity contribution in [1.29, 1.82) is 0 Å². The topological polar surface area (TPSA) is 80.9 Å². The van der Waals surface area contributed by atoms with E-state index in [1.54, 1.807) is 20.4 Å². The molecule has 1 fully saturated rings. The summed E-state index contributed by atoms with van der Waals surface area (Å²) >= 11 is 0. The lowest BCUT2D eigenvalue weighted by Crippen LogP contribution is -2.36. The molecule has 1 aromatic carbocycles. The first-order valence-electron chi connectivity index (χ1n) is 8.96. The average Bonchev–Trinajstić information content (AvgIpc) is 3.36. The number of guanidine groups is 1. The van der Waals surface area contributed by atoms with Crippen LogP contribution in [0.4, 0.5) is 0 Å². The van der Waals surface area contributed by atoms with Crippen LogP contribution in [0.25, 0.3) is 0 Å². The van der Waals surface area contributed by atoms with Crippen LogP contribution in [0.3, 0.4) is 0 Å². The largest absolute Gasteiger partial charge is 0.493 e. The number of hydrogen-bond acceptors (Lipinski definition) is 5. The van der Waals surface area contributed by atoms with Crippen LogP contribution >= 0.6 is 0 Å². The Hall–Kier alpha value is -2.70. The number of nitrogens with one attached hydrogen (secondary N) is 2. The molecular weight excluding hydrogens is 332 g/mol. The van der Waals surface area contributed by atoms with Gasteiger partial charge in [0.2, 0.25) is 0 Å². The molecule has 0 spiro atoms. The molecule has 1 aromatic heterocycles. The molecule has 0 saturated heterocycles. The van der Waals surface area contributed by atoms with E-state index in [4.69, 9.17) is 14.0 Å². The van der Waals surface area contributed by atoms with Crippen molar-refractivity contribution >= 4 is 5.96 Å².